The Bertz CT molecular complexity index is 1170. The number of nitrogens with one attached hydrogen (secondary N) is 1. The fourth-order valence-electron chi connectivity index (χ4n) is 3.22. The van der Waals surface area contributed by atoms with E-state index in [0.29, 0.717) is 28.4 Å². The number of imidazole rings is 1. The summed E-state index contributed by atoms with van der Waals surface area (Å²) < 4.78 is 36.5. The van der Waals surface area contributed by atoms with E-state index in [9.17, 15) is 13.2 Å². The molecule has 9 heteroatoms. The van der Waals surface area contributed by atoms with Gasteiger partial charge in [0.15, 0.2) is 0 Å². The number of benzene rings is 2. The van der Waals surface area contributed by atoms with E-state index >= 15 is 0 Å². The molecule has 150 valence electrons. The van der Waals surface area contributed by atoms with Gasteiger partial charge in [0.25, 0.3) is 5.91 Å². The minimum atomic E-state index is -3.51. The zero-order valence-electron chi connectivity index (χ0n) is 15.9. The fourth-order valence-corrected chi connectivity index (χ4v) is 4.58. The van der Waals surface area contributed by atoms with Crippen LogP contribution in [0.4, 0.5) is 5.69 Å². The number of carbonyl (C=O) groups excluding carboxylic acids is 1. The van der Waals surface area contributed by atoms with Crippen LogP contribution in [0.2, 0.25) is 0 Å². The number of anilines is 1. The third-order valence-corrected chi connectivity index (χ3v) is 6.31. The van der Waals surface area contributed by atoms with Gasteiger partial charge in [-0.15, -0.1) is 0 Å². The lowest BCUT2D eigenvalue weighted by Gasteiger charge is -2.10. The van der Waals surface area contributed by atoms with Crippen LogP contribution in [0.25, 0.3) is 11.3 Å². The number of sulfone groups is 1. The van der Waals surface area contributed by atoms with Crippen molar-refractivity contribution in [3.05, 3.63) is 54.2 Å². The molecule has 0 unspecified atom stereocenters. The highest BCUT2D eigenvalue weighted by Gasteiger charge is 2.35. The monoisotopic (exact) mass is 413 g/mol. The average Bonchev–Trinajstić information content (AvgIpc) is 3.26. The number of fused-ring (bicyclic) bond motifs is 1. The van der Waals surface area contributed by atoms with Crippen molar-refractivity contribution in [2.75, 3.05) is 25.3 Å². The Balaban J connectivity index is 1.77. The van der Waals surface area contributed by atoms with E-state index in [-0.39, 0.29) is 23.1 Å². The zero-order chi connectivity index (χ0) is 20.6. The number of aromatic nitrogens is 2. The summed E-state index contributed by atoms with van der Waals surface area (Å²) in [5.41, 5.74) is 1.72. The fraction of sp³-hybridized carbons (Fsp3) is 0.200. The highest BCUT2D eigenvalue weighted by molar-refractivity contribution is 7.91. The predicted octanol–water partition coefficient (Wildman–Crippen LogP) is 2.61. The van der Waals surface area contributed by atoms with Crippen molar-refractivity contribution in [2.45, 2.75) is 11.7 Å². The standard InChI is InChI=1S/C20H19N3O5S/c1-27-15-7-3-13(4-8-15)17-18(23-11-12-29(25,26)20(23)22-17)19(24)21-14-5-9-16(28-2)10-6-14/h3-10H,11-12H2,1-2H3,(H,21,24). The van der Waals surface area contributed by atoms with Gasteiger partial charge >= 0.3 is 0 Å². The molecule has 1 N–H and O–H groups in total. The Hall–Kier alpha value is -3.33. The molecule has 1 amide bonds. The number of rotatable bonds is 5. The van der Waals surface area contributed by atoms with Gasteiger partial charge in [0, 0.05) is 17.8 Å². The van der Waals surface area contributed by atoms with Gasteiger partial charge < -0.3 is 19.4 Å². The lowest BCUT2D eigenvalue weighted by Crippen LogP contribution is -2.17. The van der Waals surface area contributed by atoms with Crippen molar-refractivity contribution in [1.29, 1.82) is 0 Å². The van der Waals surface area contributed by atoms with E-state index < -0.39 is 15.7 Å². The molecule has 3 aromatic rings. The second-order valence-corrected chi connectivity index (χ2v) is 8.48. The Kier molecular flexibility index (Phi) is 4.75. The highest BCUT2D eigenvalue weighted by Crippen LogP contribution is 2.32. The number of carbonyl (C=O) groups is 1. The van der Waals surface area contributed by atoms with Gasteiger partial charge in [-0.1, -0.05) is 0 Å². The van der Waals surface area contributed by atoms with E-state index in [1.165, 1.54) is 4.57 Å². The Morgan fingerprint density at radius 1 is 1.00 bits per heavy atom. The molecule has 0 fully saturated rings. The largest absolute Gasteiger partial charge is 0.497 e. The summed E-state index contributed by atoms with van der Waals surface area (Å²) in [5.74, 6) is 0.813. The Morgan fingerprint density at radius 3 is 2.17 bits per heavy atom. The van der Waals surface area contributed by atoms with Crippen LogP contribution >= 0.6 is 0 Å². The molecule has 1 aliphatic rings. The van der Waals surface area contributed by atoms with Crippen LogP contribution in [0.15, 0.2) is 53.7 Å². The first-order valence-electron chi connectivity index (χ1n) is 8.86. The molecule has 0 bridgehead atoms. The summed E-state index contributed by atoms with van der Waals surface area (Å²) in [4.78, 5) is 17.4. The average molecular weight is 413 g/mol. The summed E-state index contributed by atoms with van der Waals surface area (Å²) in [7, 11) is -0.397. The van der Waals surface area contributed by atoms with E-state index in [4.69, 9.17) is 9.47 Å². The van der Waals surface area contributed by atoms with Crippen LogP contribution in [0.3, 0.4) is 0 Å². The molecular formula is C20H19N3O5S. The van der Waals surface area contributed by atoms with Crippen LogP contribution in [-0.2, 0) is 16.4 Å². The Labute approximate surface area is 168 Å². The van der Waals surface area contributed by atoms with Crippen molar-refractivity contribution < 1.29 is 22.7 Å². The number of hydrogen-bond acceptors (Lipinski definition) is 6. The minimum absolute atomic E-state index is 0.0684. The third kappa shape index (κ3) is 3.44. The maximum absolute atomic E-state index is 13.1. The summed E-state index contributed by atoms with van der Waals surface area (Å²) in [5, 5.41) is 2.73. The smallest absolute Gasteiger partial charge is 0.274 e. The second-order valence-electron chi connectivity index (χ2n) is 6.47. The van der Waals surface area contributed by atoms with Gasteiger partial charge in [0.05, 0.1) is 20.0 Å². The molecule has 0 atom stereocenters. The molecule has 29 heavy (non-hydrogen) atoms. The molecule has 0 radical (unpaired) electrons. The highest BCUT2D eigenvalue weighted by atomic mass is 32.2. The first kappa shape index (κ1) is 19.0. The van der Waals surface area contributed by atoms with Crippen LogP contribution in [0, 0.1) is 0 Å². The van der Waals surface area contributed by atoms with Gasteiger partial charge in [0.1, 0.15) is 22.9 Å². The molecule has 0 spiro atoms. The SMILES string of the molecule is COc1ccc(NC(=O)c2c(-c3ccc(OC)cc3)nc3n2CCS3(=O)=O)cc1. The van der Waals surface area contributed by atoms with Gasteiger partial charge in [-0.25, -0.2) is 13.4 Å². The predicted molar refractivity (Wildman–Crippen MR) is 107 cm³/mol. The summed E-state index contributed by atoms with van der Waals surface area (Å²) in [6, 6.07) is 13.8. The van der Waals surface area contributed by atoms with Crippen molar-refractivity contribution >= 4 is 21.4 Å². The van der Waals surface area contributed by atoms with Gasteiger partial charge in [-0.05, 0) is 48.5 Å². The molecule has 1 aromatic heterocycles. The lowest BCUT2D eigenvalue weighted by molar-refractivity contribution is 0.101. The molecule has 2 heterocycles. The molecule has 1 aliphatic heterocycles. The molecule has 8 nitrogen and oxygen atoms in total. The maximum Gasteiger partial charge on any atom is 0.274 e. The van der Waals surface area contributed by atoms with Crippen LogP contribution in [-0.4, -0.2) is 43.8 Å². The number of hydrogen-bond donors (Lipinski definition) is 1. The summed E-state index contributed by atoms with van der Waals surface area (Å²) >= 11 is 0. The van der Waals surface area contributed by atoms with E-state index in [2.05, 4.69) is 10.3 Å². The van der Waals surface area contributed by atoms with Crippen molar-refractivity contribution in [3.8, 4) is 22.8 Å². The molecule has 4 rings (SSSR count). The minimum Gasteiger partial charge on any atom is -0.497 e. The van der Waals surface area contributed by atoms with E-state index in [1.54, 1.807) is 62.8 Å². The Morgan fingerprint density at radius 2 is 1.59 bits per heavy atom. The second kappa shape index (κ2) is 7.25. The van der Waals surface area contributed by atoms with Gasteiger partial charge in [0.2, 0.25) is 15.0 Å². The number of methoxy groups -OCH3 is 2. The van der Waals surface area contributed by atoms with E-state index in [1.807, 2.05) is 0 Å². The van der Waals surface area contributed by atoms with Crippen molar-refractivity contribution in [2.24, 2.45) is 0 Å². The van der Waals surface area contributed by atoms with E-state index in [0.717, 1.165) is 0 Å². The molecule has 2 aromatic carbocycles. The van der Waals surface area contributed by atoms with Crippen LogP contribution < -0.4 is 14.8 Å². The number of ether oxygens (including phenoxy) is 2. The molecule has 0 saturated carbocycles. The molecule has 0 saturated heterocycles. The van der Waals surface area contributed by atoms with Crippen molar-refractivity contribution in [1.82, 2.24) is 9.55 Å². The topological polar surface area (TPSA) is 99.5 Å². The van der Waals surface area contributed by atoms with Crippen LogP contribution in [0.1, 0.15) is 10.5 Å². The van der Waals surface area contributed by atoms with Crippen LogP contribution in [0.5, 0.6) is 11.5 Å². The quantitative estimate of drug-likeness (QED) is 0.690. The lowest BCUT2D eigenvalue weighted by atomic mass is 10.1. The normalized spacial score (nSPS) is 14.3. The molecule has 0 aliphatic carbocycles. The summed E-state index contributed by atoms with van der Waals surface area (Å²) in [6.07, 6.45) is 0. The summed E-state index contributed by atoms with van der Waals surface area (Å²) in [6.45, 7) is 0.187. The zero-order valence-corrected chi connectivity index (χ0v) is 16.7. The van der Waals surface area contributed by atoms with Crippen molar-refractivity contribution in [3.63, 3.8) is 0 Å². The maximum atomic E-state index is 13.1. The van der Waals surface area contributed by atoms with Gasteiger partial charge in [-0.3, -0.25) is 4.79 Å². The van der Waals surface area contributed by atoms with Gasteiger partial charge in [-0.2, -0.15) is 0 Å². The first-order chi connectivity index (χ1) is 13.9. The third-order valence-electron chi connectivity index (χ3n) is 4.72. The molecular weight excluding hydrogens is 394 g/mol. The number of amides is 1. The number of nitrogens with zero attached hydrogens (tertiary/aromatic N) is 2. The first-order valence-corrected chi connectivity index (χ1v) is 10.5.